The molecular formula is C12H15N3O. The second-order valence-electron chi connectivity index (χ2n) is 3.92. The largest absolute Gasteiger partial charge is 0.324 e. The quantitative estimate of drug-likeness (QED) is 0.804. The second-order valence-corrected chi connectivity index (χ2v) is 3.92. The van der Waals surface area contributed by atoms with Gasteiger partial charge in [0.05, 0.1) is 17.3 Å². The Balaban J connectivity index is 2.82. The molecule has 1 rings (SSSR count). The van der Waals surface area contributed by atoms with Gasteiger partial charge in [-0.2, -0.15) is 5.26 Å². The number of nitrogens with two attached hydrogens (primary N) is 1. The number of rotatable bonds is 3. The highest BCUT2D eigenvalue weighted by Gasteiger charge is 2.17. The molecule has 4 nitrogen and oxygen atoms in total. The fourth-order valence-corrected chi connectivity index (χ4v) is 1.21. The van der Waals surface area contributed by atoms with Crippen molar-refractivity contribution in [1.82, 2.24) is 0 Å². The molecule has 1 amide bonds. The Hall–Kier alpha value is -1.86. The van der Waals surface area contributed by atoms with Crippen LogP contribution in [0, 0.1) is 17.2 Å². The summed E-state index contributed by atoms with van der Waals surface area (Å²) in [6.45, 7) is 3.75. The number of hydrogen-bond acceptors (Lipinski definition) is 3. The minimum absolute atomic E-state index is 0.0641. The maximum Gasteiger partial charge on any atom is 0.241 e. The molecule has 0 heterocycles. The van der Waals surface area contributed by atoms with E-state index in [-0.39, 0.29) is 11.8 Å². The van der Waals surface area contributed by atoms with E-state index in [0.29, 0.717) is 11.3 Å². The minimum Gasteiger partial charge on any atom is -0.324 e. The van der Waals surface area contributed by atoms with E-state index in [1.165, 1.54) is 0 Å². The molecule has 1 aromatic rings. The van der Waals surface area contributed by atoms with Crippen molar-refractivity contribution in [2.45, 2.75) is 19.9 Å². The molecule has 3 N–H and O–H groups in total. The lowest BCUT2D eigenvalue weighted by Gasteiger charge is -2.15. The zero-order valence-electron chi connectivity index (χ0n) is 9.40. The highest BCUT2D eigenvalue weighted by molar-refractivity contribution is 5.95. The number of nitriles is 1. The second kappa shape index (κ2) is 5.29. The number of para-hydroxylation sites is 1. The molecule has 0 saturated heterocycles. The Bertz CT molecular complexity index is 421. The Kier molecular flexibility index (Phi) is 4.03. The summed E-state index contributed by atoms with van der Waals surface area (Å²) in [5.41, 5.74) is 6.65. The summed E-state index contributed by atoms with van der Waals surface area (Å²) < 4.78 is 0. The van der Waals surface area contributed by atoms with Crippen LogP contribution in [0.4, 0.5) is 5.69 Å². The van der Waals surface area contributed by atoms with Crippen LogP contribution in [-0.2, 0) is 4.79 Å². The van der Waals surface area contributed by atoms with E-state index in [9.17, 15) is 4.79 Å². The number of carbonyl (C=O) groups is 1. The number of nitrogens with one attached hydrogen (secondary N) is 1. The van der Waals surface area contributed by atoms with E-state index >= 15 is 0 Å². The van der Waals surface area contributed by atoms with Gasteiger partial charge in [-0.05, 0) is 18.1 Å². The van der Waals surface area contributed by atoms with Gasteiger partial charge in [0.1, 0.15) is 6.07 Å². The number of carbonyl (C=O) groups excluding carboxylic acids is 1. The van der Waals surface area contributed by atoms with Crippen LogP contribution in [0.5, 0.6) is 0 Å². The molecule has 16 heavy (non-hydrogen) atoms. The first-order valence-corrected chi connectivity index (χ1v) is 5.12. The number of anilines is 1. The van der Waals surface area contributed by atoms with Crippen LogP contribution < -0.4 is 11.1 Å². The van der Waals surface area contributed by atoms with Gasteiger partial charge in [0.15, 0.2) is 0 Å². The first kappa shape index (κ1) is 12.2. The smallest absolute Gasteiger partial charge is 0.241 e. The monoisotopic (exact) mass is 217 g/mol. The minimum atomic E-state index is -0.563. The molecule has 0 aliphatic carbocycles. The summed E-state index contributed by atoms with van der Waals surface area (Å²) in [6.07, 6.45) is 0. The third-order valence-electron chi connectivity index (χ3n) is 2.33. The highest BCUT2D eigenvalue weighted by Crippen LogP contribution is 2.14. The summed E-state index contributed by atoms with van der Waals surface area (Å²) in [5.74, 6) is -0.202. The van der Waals surface area contributed by atoms with Crippen molar-refractivity contribution in [2.24, 2.45) is 11.7 Å². The summed E-state index contributed by atoms with van der Waals surface area (Å²) in [7, 11) is 0. The van der Waals surface area contributed by atoms with Gasteiger partial charge in [-0.3, -0.25) is 4.79 Å². The van der Waals surface area contributed by atoms with Crippen LogP contribution in [0.2, 0.25) is 0 Å². The molecule has 0 aliphatic rings. The normalized spacial score (nSPS) is 11.9. The zero-order chi connectivity index (χ0) is 12.1. The molecule has 0 aromatic heterocycles. The van der Waals surface area contributed by atoms with Gasteiger partial charge in [-0.1, -0.05) is 26.0 Å². The molecule has 0 radical (unpaired) electrons. The molecule has 84 valence electrons. The van der Waals surface area contributed by atoms with Crippen LogP contribution in [-0.4, -0.2) is 11.9 Å². The Labute approximate surface area is 95.1 Å². The van der Waals surface area contributed by atoms with Gasteiger partial charge in [-0.25, -0.2) is 0 Å². The summed E-state index contributed by atoms with van der Waals surface area (Å²) >= 11 is 0. The zero-order valence-corrected chi connectivity index (χ0v) is 9.40. The van der Waals surface area contributed by atoms with Crippen LogP contribution >= 0.6 is 0 Å². The van der Waals surface area contributed by atoms with Crippen LogP contribution in [0.15, 0.2) is 24.3 Å². The lowest BCUT2D eigenvalue weighted by atomic mass is 10.0. The van der Waals surface area contributed by atoms with E-state index in [4.69, 9.17) is 11.0 Å². The predicted molar refractivity (Wildman–Crippen MR) is 62.6 cm³/mol. The molecule has 0 aliphatic heterocycles. The number of amides is 1. The van der Waals surface area contributed by atoms with Gasteiger partial charge < -0.3 is 11.1 Å². The number of nitrogens with zero attached hydrogens (tertiary/aromatic N) is 1. The average molecular weight is 217 g/mol. The predicted octanol–water partition coefficient (Wildman–Crippen LogP) is 1.48. The van der Waals surface area contributed by atoms with E-state index in [0.717, 1.165) is 0 Å². The molecule has 0 unspecified atom stereocenters. The Morgan fingerprint density at radius 2 is 2.06 bits per heavy atom. The lowest BCUT2D eigenvalue weighted by Crippen LogP contribution is -2.39. The van der Waals surface area contributed by atoms with Crippen molar-refractivity contribution in [3.63, 3.8) is 0 Å². The number of hydrogen-bond donors (Lipinski definition) is 2. The maximum atomic E-state index is 11.7. The van der Waals surface area contributed by atoms with Gasteiger partial charge in [0.25, 0.3) is 0 Å². The number of benzene rings is 1. The molecule has 0 saturated carbocycles. The fraction of sp³-hybridized carbons (Fsp3) is 0.333. The Morgan fingerprint density at radius 1 is 1.44 bits per heavy atom. The van der Waals surface area contributed by atoms with Crippen molar-refractivity contribution in [2.75, 3.05) is 5.32 Å². The molecule has 1 atom stereocenters. The van der Waals surface area contributed by atoms with Gasteiger partial charge in [-0.15, -0.1) is 0 Å². The van der Waals surface area contributed by atoms with Crippen molar-refractivity contribution >= 4 is 11.6 Å². The first-order chi connectivity index (χ1) is 7.56. The van der Waals surface area contributed by atoms with Crippen molar-refractivity contribution in [3.8, 4) is 6.07 Å². The topological polar surface area (TPSA) is 78.9 Å². The van der Waals surface area contributed by atoms with Crippen molar-refractivity contribution < 1.29 is 4.79 Å². The summed E-state index contributed by atoms with van der Waals surface area (Å²) in [4.78, 5) is 11.7. The highest BCUT2D eigenvalue weighted by atomic mass is 16.2. The molecule has 1 aromatic carbocycles. The third kappa shape index (κ3) is 2.81. The fourth-order valence-electron chi connectivity index (χ4n) is 1.21. The molecular weight excluding hydrogens is 202 g/mol. The van der Waals surface area contributed by atoms with Crippen molar-refractivity contribution in [3.05, 3.63) is 29.8 Å². The van der Waals surface area contributed by atoms with Crippen LogP contribution in [0.3, 0.4) is 0 Å². The maximum absolute atomic E-state index is 11.7. The SMILES string of the molecule is CC(C)[C@H](N)C(=O)Nc1ccccc1C#N. The van der Waals surface area contributed by atoms with Crippen molar-refractivity contribution in [1.29, 1.82) is 5.26 Å². The van der Waals surface area contributed by atoms with E-state index in [1.807, 2.05) is 19.9 Å². The van der Waals surface area contributed by atoms with E-state index in [2.05, 4.69) is 5.32 Å². The first-order valence-electron chi connectivity index (χ1n) is 5.12. The third-order valence-corrected chi connectivity index (χ3v) is 2.33. The van der Waals surface area contributed by atoms with Crippen LogP contribution in [0.1, 0.15) is 19.4 Å². The van der Waals surface area contributed by atoms with Crippen LogP contribution in [0.25, 0.3) is 0 Å². The molecule has 0 spiro atoms. The van der Waals surface area contributed by atoms with Gasteiger partial charge in [0.2, 0.25) is 5.91 Å². The molecule has 0 fully saturated rings. The average Bonchev–Trinajstić information content (AvgIpc) is 2.28. The lowest BCUT2D eigenvalue weighted by molar-refractivity contribution is -0.118. The van der Waals surface area contributed by atoms with E-state index < -0.39 is 6.04 Å². The molecule has 4 heteroatoms. The Morgan fingerprint density at radius 3 is 2.62 bits per heavy atom. The molecule has 0 bridgehead atoms. The summed E-state index contributed by atoms with van der Waals surface area (Å²) in [5, 5.41) is 11.5. The van der Waals surface area contributed by atoms with E-state index in [1.54, 1.807) is 24.3 Å². The van der Waals surface area contributed by atoms with Gasteiger partial charge >= 0.3 is 0 Å². The van der Waals surface area contributed by atoms with Gasteiger partial charge in [0, 0.05) is 0 Å². The summed E-state index contributed by atoms with van der Waals surface area (Å²) in [6, 6.07) is 8.29. The standard InChI is InChI=1S/C12H15N3O/c1-8(2)11(14)12(16)15-10-6-4-3-5-9(10)7-13/h3-6,8,11H,14H2,1-2H3,(H,15,16)/t11-/m0/s1.